The lowest BCUT2D eigenvalue weighted by Crippen LogP contribution is -2.35. The number of sulfonamides is 1. The molecule has 9 heteroatoms. The minimum Gasteiger partial charge on any atom is -0.381 e. The highest BCUT2D eigenvalue weighted by molar-refractivity contribution is 7.89. The standard InChI is InChI=1S/C12H19N5O2S2/c1-15(6-7-16-4-2-3-5-16)21(18,19)11-10(13)14-12-17(11)8-9-20-12/h8-9H,2-7,13H2,1H3. The molecule has 1 aliphatic heterocycles. The third-order valence-electron chi connectivity index (χ3n) is 3.83. The minimum atomic E-state index is -3.63. The lowest BCUT2D eigenvalue weighted by atomic mass is 10.4. The van der Waals surface area contributed by atoms with E-state index in [2.05, 4.69) is 9.88 Å². The number of aromatic nitrogens is 2. The number of hydrogen-bond donors (Lipinski definition) is 1. The van der Waals surface area contributed by atoms with Gasteiger partial charge in [-0.05, 0) is 25.9 Å². The number of nitrogens with zero attached hydrogens (tertiary/aromatic N) is 4. The summed E-state index contributed by atoms with van der Waals surface area (Å²) in [6.45, 7) is 3.31. The van der Waals surface area contributed by atoms with Crippen molar-refractivity contribution in [2.24, 2.45) is 0 Å². The van der Waals surface area contributed by atoms with E-state index in [0.717, 1.165) is 19.6 Å². The van der Waals surface area contributed by atoms with E-state index in [1.807, 2.05) is 0 Å². The van der Waals surface area contributed by atoms with Crippen molar-refractivity contribution in [2.75, 3.05) is 39.0 Å². The molecule has 1 fully saturated rings. The number of nitrogen functional groups attached to an aromatic ring is 1. The lowest BCUT2D eigenvalue weighted by molar-refractivity contribution is 0.309. The van der Waals surface area contributed by atoms with Gasteiger partial charge in [-0.1, -0.05) is 0 Å². The van der Waals surface area contributed by atoms with Crippen LogP contribution in [0.15, 0.2) is 16.6 Å². The zero-order valence-electron chi connectivity index (χ0n) is 11.9. The van der Waals surface area contributed by atoms with Crippen LogP contribution in [-0.2, 0) is 10.0 Å². The largest absolute Gasteiger partial charge is 0.381 e. The Bertz CT molecular complexity index is 730. The van der Waals surface area contributed by atoms with Crippen LogP contribution in [0, 0.1) is 0 Å². The van der Waals surface area contributed by atoms with Crippen LogP contribution in [0.1, 0.15) is 12.8 Å². The minimum absolute atomic E-state index is 0.0647. The first-order valence-corrected chi connectivity index (χ1v) is 9.22. The summed E-state index contributed by atoms with van der Waals surface area (Å²) < 4.78 is 28.3. The maximum Gasteiger partial charge on any atom is 0.262 e. The molecule has 0 bridgehead atoms. The molecule has 0 spiro atoms. The number of imidazole rings is 1. The van der Waals surface area contributed by atoms with E-state index in [-0.39, 0.29) is 10.8 Å². The molecule has 2 N–H and O–H groups in total. The fourth-order valence-electron chi connectivity index (χ4n) is 2.59. The SMILES string of the molecule is CN(CCN1CCCC1)S(=O)(=O)c1c(N)nc2sccn12. The highest BCUT2D eigenvalue weighted by Crippen LogP contribution is 2.25. The quantitative estimate of drug-likeness (QED) is 0.873. The van der Waals surface area contributed by atoms with Gasteiger partial charge in [-0.15, -0.1) is 11.3 Å². The van der Waals surface area contributed by atoms with Gasteiger partial charge in [-0.25, -0.2) is 13.4 Å². The molecule has 3 heterocycles. The van der Waals surface area contributed by atoms with E-state index in [9.17, 15) is 8.42 Å². The van der Waals surface area contributed by atoms with Crippen LogP contribution in [0.4, 0.5) is 5.82 Å². The Morgan fingerprint density at radius 3 is 2.86 bits per heavy atom. The number of nitrogens with two attached hydrogens (primary N) is 1. The van der Waals surface area contributed by atoms with E-state index in [1.165, 1.54) is 28.5 Å². The number of thiazole rings is 1. The molecule has 0 unspecified atom stereocenters. The molecule has 0 aliphatic carbocycles. The Hall–Kier alpha value is -1.16. The van der Waals surface area contributed by atoms with Crippen LogP contribution in [0.25, 0.3) is 4.96 Å². The molecule has 1 saturated heterocycles. The number of hydrogen-bond acceptors (Lipinski definition) is 6. The third-order valence-corrected chi connectivity index (χ3v) is 6.48. The number of likely N-dealkylation sites (tertiary alicyclic amines) is 1. The summed E-state index contributed by atoms with van der Waals surface area (Å²) in [6.07, 6.45) is 4.08. The smallest absolute Gasteiger partial charge is 0.262 e. The molecular weight excluding hydrogens is 310 g/mol. The van der Waals surface area contributed by atoms with Gasteiger partial charge in [-0.3, -0.25) is 4.40 Å². The van der Waals surface area contributed by atoms with Crippen LogP contribution in [-0.4, -0.2) is 60.2 Å². The van der Waals surface area contributed by atoms with Crippen molar-refractivity contribution >= 4 is 32.1 Å². The average molecular weight is 329 g/mol. The van der Waals surface area contributed by atoms with Crippen LogP contribution in [0.3, 0.4) is 0 Å². The summed E-state index contributed by atoms with van der Waals surface area (Å²) in [5, 5.41) is 1.87. The summed E-state index contributed by atoms with van der Waals surface area (Å²) in [4.78, 5) is 6.98. The summed E-state index contributed by atoms with van der Waals surface area (Å²) >= 11 is 1.36. The first kappa shape index (κ1) is 14.8. The summed E-state index contributed by atoms with van der Waals surface area (Å²) in [5.74, 6) is 0.0647. The first-order chi connectivity index (χ1) is 10.00. The second-order valence-corrected chi connectivity index (χ2v) is 8.07. The topological polar surface area (TPSA) is 83.9 Å². The molecule has 0 aromatic carbocycles. The highest BCUT2D eigenvalue weighted by Gasteiger charge is 2.29. The molecule has 1 aliphatic rings. The van der Waals surface area contributed by atoms with Crippen molar-refractivity contribution in [3.05, 3.63) is 11.6 Å². The van der Waals surface area contributed by atoms with Gasteiger partial charge in [0, 0.05) is 31.7 Å². The summed E-state index contributed by atoms with van der Waals surface area (Å²) in [5.41, 5.74) is 5.80. The Kier molecular flexibility index (Phi) is 3.91. The van der Waals surface area contributed by atoms with Gasteiger partial charge in [0.15, 0.2) is 15.8 Å². The first-order valence-electron chi connectivity index (χ1n) is 6.90. The molecule has 21 heavy (non-hydrogen) atoms. The van der Waals surface area contributed by atoms with E-state index < -0.39 is 10.0 Å². The van der Waals surface area contributed by atoms with E-state index in [1.54, 1.807) is 23.0 Å². The molecule has 0 atom stereocenters. The molecule has 116 valence electrons. The van der Waals surface area contributed by atoms with Crippen molar-refractivity contribution in [1.29, 1.82) is 0 Å². The van der Waals surface area contributed by atoms with Crippen LogP contribution >= 0.6 is 11.3 Å². The van der Waals surface area contributed by atoms with Crippen molar-refractivity contribution in [3.63, 3.8) is 0 Å². The van der Waals surface area contributed by atoms with E-state index >= 15 is 0 Å². The van der Waals surface area contributed by atoms with Crippen LogP contribution in [0.5, 0.6) is 0 Å². The predicted molar refractivity (Wildman–Crippen MR) is 83.0 cm³/mol. The fraction of sp³-hybridized carbons (Fsp3) is 0.583. The van der Waals surface area contributed by atoms with Crippen LogP contribution in [0.2, 0.25) is 0 Å². The molecule has 2 aromatic heterocycles. The molecule has 3 rings (SSSR count). The lowest BCUT2D eigenvalue weighted by Gasteiger charge is -2.21. The van der Waals surface area contributed by atoms with Gasteiger partial charge in [0.1, 0.15) is 0 Å². The van der Waals surface area contributed by atoms with E-state index in [0.29, 0.717) is 11.5 Å². The molecule has 0 amide bonds. The Morgan fingerprint density at radius 1 is 1.43 bits per heavy atom. The van der Waals surface area contributed by atoms with Gasteiger partial charge in [0.05, 0.1) is 0 Å². The zero-order valence-corrected chi connectivity index (χ0v) is 13.5. The maximum atomic E-state index is 12.7. The molecule has 0 saturated carbocycles. The number of fused-ring (bicyclic) bond motifs is 1. The predicted octanol–water partition coefficient (Wildman–Crippen LogP) is 0.694. The molecular formula is C12H19N5O2S2. The van der Waals surface area contributed by atoms with Crippen molar-refractivity contribution in [2.45, 2.75) is 17.9 Å². The van der Waals surface area contributed by atoms with Gasteiger partial charge >= 0.3 is 0 Å². The summed E-state index contributed by atoms with van der Waals surface area (Å²) in [6, 6.07) is 0. The van der Waals surface area contributed by atoms with Crippen LogP contribution < -0.4 is 5.73 Å². The Morgan fingerprint density at radius 2 is 2.14 bits per heavy atom. The zero-order chi connectivity index (χ0) is 15.0. The fourth-order valence-corrected chi connectivity index (χ4v) is 4.70. The highest BCUT2D eigenvalue weighted by atomic mass is 32.2. The number of anilines is 1. The Balaban J connectivity index is 1.81. The summed E-state index contributed by atoms with van der Waals surface area (Å²) in [7, 11) is -2.03. The number of likely N-dealkylation sites (N-methyl/N-ethyl adjacent to an activating group) is 1. The van der Waals surface area contributed by atoms with Gasteiger partial charge in [0.25, 0.3) is 10.0 Å². The average Bonchev–Trinajstić information content (AvgIpc) is 3.11. The van der Waals surface area contributed by atoms with E-state index in [4.69, 9.17) is 5.73 Å². The number of rotatable bonds is 5. The second-order valence-electron chi connectivity index (χ2n) is 5.23. The van der Waals surface area contributed by atoms with Crippen molar-refractivity contribution in [3.8, 4) is 0 Å². The van der Waals surface area contributed by atoms with Gasteiger partial charge < -0.3 is 10.6 Å². The monoisotopic (exact) mass is 329 g/mol. The van der Waals surface area contributed by atoms with Crippen molar-refractivity contribution in [1.82, 2.24) is 18.6 Å². The van der Waals surface area contributed by atoms with Crippen molar-refractivity contribution < 1.29 is 8.42 Å². The Labute approximate surface area is 128 Å². The molecule has 7 nitrogen and oxygen atoms in total. The van der Waals surface area contributed by atoms with Gasteiger partial charge in [0.2, 0.25) is 0 Å². The normalized spacial score (nSPS) is 17.2. The second kappa shape index (κ2) is 5.56. The van der Waals surface area contributed by atoms with Gasteiger partial charge in [-0.2, -0.15) is 4.31 Å². The maximum absolute atomic E-state index is 12.7. The third kappa shape index (κ3) is 2.66. The molecule has 2 aromatic rings. The molecule has 0 radical (unpaired) electrons.